The second-order valence-electron chi connectivity index (χ2n) is 6.87. The zero-order valence-corrected chi connectivity index (χ0v) is 12.2. The van der Waals surface area contributed by atoms with Gasteiger partial charge in [-0.3, -0.25) is 11.3 Å². The van der Waals surface area contributed by atoms with E-state index in [1.54, 1.807) is 0 Å². The first-order valence-corrected chi connectivity index (χ1v) is 7.14. The molecular formula is C14H28N2O2. The maximum atomic E-state index is 6.17. The summed E-state index contributed by atoms with van der Waals surface area (Å²) in [7, 11) is 0. The van der Waals surface area contributed by atoms with Gasteiger partial charge in [-0.1, -0.05) is 0 Å². The third kappa shape index (κ3) is 2.87. The third-order valence-corrected chi connectivity index (χ3v) is 4.39. The van der Waals surface area contributed by atoms with Crippen LogP contribution in [0.3, 0.4) is 0 Å². The van der Waals surface area contributed by atoms with Crippen LogP contribution in [0.15, 0.2) is 0 Å². The zero-order valence-electron chi connectivity index (χ0n) is 12.2. The molecule has 106 valence electrons. The first kappa shape index (κ1) is 14.3. The normalized spacial score (nSPS) is 36.5. The molecule has 0 saturated carbocycles. The summed E-state index contributed by atoms with van der Waals surface area (Å²) in [5.41, 5.74) is 2.78. The summed E-state index contributed by atoms with van der Waals surface area (Å²) in [6.07, 6.45) is 4.76. The maximum absolute atomic E-state index is 6.17. The molecule has 3 unspecified atom stereocenters. The lowest BCUT2D eigenvalue weighted by molar-refractivity contribution is -0.0902. The lowest BCUT2D eigenvalue weighted by Crippen LogP contribution is -2.54. The van der Waals surface area contributed by atoms with Crippen LogP contribution < -0.4 is 11.3 Å². The Labute approximate surface area is 111 Å². The molecule has 0 aromatic carbocycles. The van der Waals surface area contributed by atoms with Crippen molar-refractivity contribution in [3.63, 3.8) is 0 Å². The first-order valence-electron chi connectivity index (χ1n) is 7.14. The zero-order chi connectivity index (χ0) is 13.4. The molecule has 0 aliphatic carbocycles. The average molecular weight is 256 g/mol. The summed E-state index contributed by atoms with van der Waals surface area (Å²) in [5, 5.41) is 0. The van der Waals surface area contributed by atoms with Crippen molar-refractivity contribution < 1.29 is 9.47 Å². The van der Waals surface area contributed by atoms with E-state index in [1.165, 1.54) is 12.8 Å². The number of hydrogen-bond donors (Lipinski definition) is 2. The minimum atomic E-state index is -0.151. The molecule has 3 N–H and O–H groups in total. The Balaban J connectivity index is 2.11. The Morgan fingerprint density at radius 2 is 1.94 bits per heavy atom. The smallest absolute Gasteiger partial charge is 0.0745 e. The van der Waals surface area contributed by atoms with Gasteiger partial charge < -0.3 is 9.47 Å². The second-order valence-corrected chi connectivity index (χ2v) is 6.87. The molecule has 4 heteroatoms. The van der Waals surface area contributed by atoms with E-state index in [0.717, 1.165) is 19.4 Å². The lowest BCUT2D eigenvalue weighted by atomic mass is 9.78. The molecule has 2 fully saturated rings. The van der Waals surface area contributed by atoms with E-state index in [-0.39, 0.29) is 23.3 Å². The van der Waals surface area contributed by atoms with Crippen molar-refractivity contribution in [3.8, 4) is 0 Å². The number of ether oxygens (including phenoxy) is 2. The first-order chi connectivity index (χ1) is 8.36. The summed E-state index contributed by atoms with van der Waals surface area (Å²) in [5.74, 6) is 6.20. The monoisotopic (exact) mass is 256 g/mol. The van der Waals surface area contributed by atoms with Crippen LogP contribution in [0.25, 0.3) is 0 Å². The summed E-state index contributed by atoms with van der Waals surface area (Å²) < 4.78 is 12.1. The fourth-order valence-corrected chi connectivity index (χ4v) is 3.70. The molecule has 0 aromatic rings. The molecule has 2 heterocycles. The van der Waals surface area contributed by atoms with E-state index in [1.807, 2.05) is 0 Å². The Hall–Kier alpha value is -0.160. The van der Waals surface area contributed by atoms with Crippen molar-refractivity contribution in [1.29, 1.82) is 0 Å². The van der Waals surface area contributed by atoms with Crippen LogP contribution in [0.2, 0.25) is 0 Å². The summed E-state index contributed by atoms with van der Waals surface area (Å²) in [6, 6.07) is 0.182. The van der Waals surface area contributed by atoms with E-state index in [2.05, 4.69) is 33.1 Å². The molecule has 18 heavy (non-hydrogen) atoms. The molecule has 0 radical (unpaired) electrons. The molecule has 2 aliphatic rings. The van der Waals surface area contributed by atoms with Crippen LogP contribution in [-0.2, 0) is 9.47 Å². The topological polar surface area (TPSA) is 56.5 Å². The fraction of sp³-hybridized carbons (Fsp3) is 1.00. The number of rotatable bonds is 3. The van der Waals surface area contributed by atoms with E-state index in [9.17, 15) is 0 Å². The minimum Gasteiger partial charge on any atom is -0.377 e. The molecule has 0 aromatic heterocycles. The van der Waals surface area contributed by atoms with Crippen LogP contribution in [0.5, 0.6) is 0 Å². The van der Waals surface area contributed by atoms with Gasteiger partial charge in [0, 0.05) is 12.5 Å². The number of nitrogens with two attached hydrogens (primary N) is 1. The predicted octanol–water partition coefficient (Wildman–Crippen LogP) is 1.98. The average Bonchev–Trinajstić information content (AvgIpc) is 2.50. The highest BCUT2D eigenvalue weighted by molar-refractivity contribution is 5.01. The van der Waals surface area contributed by atoms with Crippen LogP contribution in [0.1, 0.15) is 53.4 Å². The molecule has 4 nitrogen and oxygen atoms in total. The van der Waals surface area contributed by atoms with Gasteiger partial charge in [0.05, 0.1) is 23.3 Å². The highest BCUT2D eigenvalue weighted by Crippen LogP contribution is 2.44. The van der Waals surface area contributed by atoms with Gasteiger partial charge in [0.1, 0.15) is 0 Å². The highest BCUT2D eigenvalue weighted by atomic mass is 16.5. The second kappa shape index (κ2) is 5.08. The van der Waals surface area contributed by atoms with Gasteiger partial charge in [0.25, 0.3) is 0 Å². The predicted molar refractivity (Wildman–Crippen MR) is 72.1 cm³/mol. The van der Waals surface area contributed by atoms with E-state index in [0.29, 0.717) is 5.92 Å². The SMILES string of the molecule is CC1(C)CC(C(NN)C2CCCCO2)C(C)(C)O1. The summed E-state index contributed by atoms with van der Waals surface area (Å²) in [6.45, 7) is 9.51. The standard InChI is InChI=1S/C14H28N2O2/c1-13(2)9-10(14(3,4)18-13)12(16-15)11-7-5-6-8-17-11/h10-12,16H,5-9,15H2,1-4H3. The van der Waals surface area contributed by atoms with Gasteiger partial charge >= 0.3 is 0 Å². The van der Waals surface area contributed by atoms with Gasteiger partial charge in [-0.05, 0) is 53.4 Å². The largest absolute Gasteiger partial charge is 0.377 e. The van der Waals surface area contributed by atoms with Crippen LogP contribution >= 0.6 is 0 Å². The van der Waals surface area contributed by atoms with E-state index in [4.69, 9.17) is 15.3 Å². The van der Waals surface area contributed by atoms with Crippen LogP contribution in [0.4, 0.5) is 0 Å². The lowest BCUT2D eigenvalue weighted by Gasteiger charge is -2.38. The van der Waals surface area contributed by atoms with Gasteiger partial charge in [-0.2, -0.15) is 0 Å². The minimum absolute atomic E-state index is 0.0715. The Kier molecular flexibility index (Phi) is 4.02. The van der Waals surface area contributed by atoms with E-state index >= 15 is 0 Å². The fourth-order valence-electron chi connectivity index (χ4n) is 3.70. The van der Waals surface area contributed by atoms with Crippen molar-refractivity contribution in [3.05, 3.63) is 0 Å². The summed E-state index contributed by atoms with van der Waals surface area (Å²) in [4.78, 5) is 0. The van der Waals surface area contributed by atoms with Crippen LogP contribution in [0, 0.1) is 5.92 Å². The van der Waals surface area contributed by atoms with Gasteiger partial charge in [-0.15, -0.1) is 0 Å². The van der Waals surface area contributed by atoms with Crippen molar-refractivity contribution in [2.75, 3.05) is 6.61 Å². The Morgan fingerprint density at radius 3 is 2.39 bits per heavy atom. The molecule has 0 bridgehead atoms. The highest BCUT2D eigenvalue weighted by Gasteiger charge is 2.50. The van der Waals surface area contributed by atoms with Crippen molar-refractivity contribution in [1.82, 2.24) is 5.43 Å². The number of hydrazine groups is 1. The van der Waals surface area contributed by atoms with E-state index < -0.39 is 0 Å². The molecule has 3 atom stereocenters. The number of nitrogens with one attached hydrogen (secondary N) is 1. The molecule has 0 amide bonds. The van der Waals surface area contributed by atoms with Gasteiger partial charge in [-0.25, -0.2) is 0 Å². The summed E-state index contributed by atoms with van der Waals surface area (Å²) >= 11 is 0. The molecule has 2 rings (SSSR count). The molecular weight excluding hydrogens is 228 g/mol. The Morgan fingerprint density at radius 1 is 1.22 bits per heavy atom. The van der Waals surface area contributed by atoms with Crippen molar-refractivity contribution in [2.45, 2.75) is 76.7 Å². The molecule has 2 saturated heterocycles. The van der Waals surface area contributed by atoms with Gasteiger partial charge in [0.15, 0.2) is 0 Å². The Bertz CT molecular complexity index is 286. The van der Waals surface area contributed by atoms with Crippen molar-refractivity contribution in [2.24, 2.45) is 11.8 Å². The maximum Gasteiger partial charge on any atom is 0.0745 e. The van der Waals surface area contributed by atoms with Gasteiger partial charge in [0.2, 0.25) is 0 Å². The third-order valence-electron chi connectivity index (χ3n) is 4.39. The van der Waals surface area contributed by atoms with Crippen LogP contribution in [-0.4, -0.2) is 30.0 Å². The quantitative estimate of drug-likeness (QED) is 0.599. The molecule has 2 aliphatic heterocycles. The van der Waals surface area contributed by atoms with Crippen molar-refractivity contribution >= 4 is 0 Å². The molecule has 0 spiro atoms. The number of hydrogen-bond acceptors (Lipinski definition) is 4.